The number of fused-ring (bicyclic) bond motifs is 2. The van der Waals surface area contributed by atoms with Gasteiger partial charge in [-0.3, -0.25) is 4.79 Å². The van der Waals surface area contributed by atoms with Crippen LogP contribution in [0.1, 0.15) is 59.3 Å². The fourth-order valence-electron chi connectivity index (χ4n) is 6.29. The van der Waals surface area contributed by atoms with Crippen LogP contribution < -0.4 is 5.32 Å². The molecule has 0 aromatic carbocycles. The minimum Gasteiger partial charge on any atom is -0.346 e. The van der Waals surface area contributed by atoms with E-state index in [2.05, 4.69) is 24.1 Å². The molecule has 5 aliphatic rings. The summed E-state index contributed by atoms with van der Waals surface area (Å²) in [7, 11) is 0. The fourth-order valence-corrected chi connectivity index (χ4v) is 6.29. The summed E-state index contributed by atoms with van der Waals surface area (Å²) in [5, 5.41) is 2.73. The van der Waals surface area contributed by atoms with Crippen molar-refractivity contribution in [2.45, 2.75) is 83.1 Å². The van der Waals surface area contributed by atoms with E-state index in [1.54, 1.807) is 6.07 Å². The SMILES string of the molecule is C[C@H]1[C@@H](CCC(=O)Nc2ccnc(F)c2)O[C@@H]2OC3(C)CC[C@H]4[C@H](C)CC[C@@H]1[C@@]24OO3. The van der Waals surface area contributed by atoms with E-state index < -0.39 is 23.6 Å². The Labute approximate surface area is 181 Å². The molecule has 1 aliphatic carbocycles. The third-order valence-corrected chi connectivity index (χ3v) is 7.96. The molecule has 0 radical (unpaired) electrons. The molecule has 31 heavy (non-hydrogen) atoms. The Kier molecular flexibility index (Phi) is 5.32. The van der Waals surface area contributed by atoms with Crippen molar-refractivity contribution < 1.29 is 28.4 Å². The molecule has 170 valence electrons. The highest BCUT2D eigenvalue weighted by Gasteiger charge is 2.69. The first kappa shape index (κ1) is 21.2. The van der Waals surface area contributed by atoms with Crippen molar-refractivity contribution in [2.24, 2.45) is 23.7 Å². The van der Waals surface area contributed by atoms with Crippen LogP contribution in [-0.4, -0.2) is 34.7 Å². The molecule has 7 nitrogen and oxygen atoms in total. The molecule has 2 bridgehead atoms. The minimum atomic E-state index is -0.800. The number of rotatable bonds is 4. The molecule has 5 fully saturated rings. The van der Waals surface area contributed by atoms with Crippen LogP contribution in [0, 0.1) is 29.6 Å². The second kappa shape index (κ2) is 7.76. The van der Waals surface area contributed by atoms with E-state index in [4.69, 9.17) is 19.2 Å². The molecule has 5 heterocycles. The molecule has 6 rings (SSSR count). The van der Waals surface area contributed by atoms with Crippen LogP contribution in [0.2, 0.25) is 0 Å². The molecule has 1 aromatic heterocycles. The maximum absolute atomic E-state index is 13.3. The highest BCUT2D eigenvalue weighted by Crippen LogP contribution is 2.60. The second-order valence-electron chi connectivity index (χ2n) is 9.90. The Morgan fingerprint density at radius 3 is 2.90 bits per heavy atom. The van der Waals surface area contributed by atoms with Crippen molar-refractivity contribution in [2.75, 3.05) is 5.32 Å². The van der Waals surface area contributed by atoms with Crippen molar-refractivity contribution >= 4 is 11.6 Å². The number of ether oxygens (including phenoxy) is 2. The minimum absolute atomic E-state index is 0.124. The van der Waals surface area contributed by atoms with Gasteiger partial charge in [-0.1, -0.05) is 13.8 Å². The van der Waals surface area contributed by atoms with Gasteiger partial charge in [0.05, 0.1) is 6.10 Å². The summed E-state index contributed by atoms with van der Waals surface area (Å²) >= 11 is 0. The van der Waals surface area contributed by atoms with Gasteiger partial charge in [-0.15, -0.1) is 0 Å². The van der Waals surface area contributed by atoms with Gasteiger partial charge in [0.25, 0.3) is 0 Å². The molecule has 1 unspecified atom stereocenters. The van der Waals surface area contributed by atoms with Gasteiger partial charge < -0.3 is 14.8 Å². The van der Waals surface area contributed by atoms with Gasteiger partial charge in [-0.25, -0.2) is 14.8 Å². The number of aromatic nitrogens is 1. The molecule has 4 aliphatic heterocycles. The van der Waals surface area contributed by atoms with Gasteiger partial charge in [0.15, 0.2) is 11.9 Å². The monoisotopic (exact) mass is 434 g/mol. The van der Waals surface area contributed by atoms with Crippen LogP contribution in [0.4, 0.5) is 10.1 Å². The lowest BCUT2D eigenvalue weighted by Crippen LogP contribution is -2.70. The number of carbonyl (C=O) groups is 1. The zero-order valence-corrected chi connectivity index (χ0v) is 18.3. The Morgan fingerprint density at radius 2 is 2.10 bits per heavy atom. The van der Waals surface area contributed by atoms with Crippen molar-refractivity contribution in [3.8, 4) is 0 Å². The summed E-state index contributed by atoms with van der Waals surface area (Å²) < 4.78 is 26.1. The van der Waals surface area contributed by atoms with Crippen molar-refractivity contribution in [1.29, 1.82) is 0 Å². The smallest absolute Gasteiger partial charge is 0.224 e. The van der Waals surface area contributed by atoms with Crippen LogP contribution in [0.25, 0.3) is 0 Å². The summed E-state index contributed by atoms with van der Waals surface area (Å²) in [4.78, 5) is 28.0. The first-order valence-electron chi connectivity index (χ1n) is 11.4. The predicted octanol–water partition coefficient (Wildman–Crippen LogP) is 4.19. The fraction of sp³-hybridized carbons (Fsp3) is 0.739. The van der Waals surface area contributed by atoms with E-state index in [-0.39, 0.29) is 30.3 Å². The Hall–Kier alpha value is -1.61. The van der Waals surface area contributed by atoms with Gasteiger partial charge in [0.1, 0.15) is 0 Å². The summed E-state index contributed by atoms with van der Waals surface area (Å²) in [5.41, 5.74) is -0.179. The van der Waals surface area contributed by atoms with Crippen LogP contribution >= 0.6 is 0 Å². The highest BCUT2D eigenvalue weighted by atomic mass is 19.1. The standard InChI is InChI=1S/C23H31FN2O5/c1-13-4-5-17-14(2)18(6-7-20(27)26-15-9-11-25-19(24)12-15)28-21-23(17)16(13)8-10-22(3,29-21)30-31-23/h9,11-14,16-18,21H,4-8,10H2,1-3H3,(H,25,26,27)/t13-,14-,16+,17+,18-,21-,22?,23-/m1/s1. The van der Waals surface area contributed by atoms with Crippen LogP contribution in [0.5, 0.6) is 0 Å². The number of amides is 1. The normalized spacial score (nSPS) is 43.7. The third-order valence-electron chi connectivity index (χ3n) is 7.96. The van der Waals surface area contributed by atoms with E-state index in [1.807, 2.05) is 6.92 Å². The summed E-state index contributed by atoms with van der Waals surface area (Å²) in [6.07, 6.45) is 5.50. The number of pyridine rings is 1. The first-order valence-corrected chi connectivity index (χ1v) is 11.4. The molecule has 1 spiro atoms. The van der Waals surface area contributed by atoms with Crippen LogP contribution in [0.15, 0.2) is 18.3 Å². The average molecular weight is 435 g/mol. The largest absolute Gasteiger partial charge is 0.346 e. The Bertz CT molecular complexity index is 855. The molecule has 1 aromatic rings. The van der Waals surface area contributed by atoms with Gasteiger partial charge in [0, 0.05) is 36.7 Å². The molecule has 8 heteroatoms. The Morgan fingerprint density at radius 1 is 1.26 bits per heavy atom. The van der Waals surface area contributed by atoms with Crippen LogP contribution in [0.3, 0.4) is 0 Å². The maximum Gasteiger partial charge on any atom is 0.224 e. The lowest BCUT2D eigenvalue weighted by atomic mass is 9.57. The summed E-state index contributed by atoms with van der Waals surface area (Å²) in [6.45, 7) is 6.39. The van der Waals surface area contributed by atoms with E-state index in [1.165, 1.54) is 12.3 Å². The predicted molar refractivity (Wildman–Crippen MR) is 109 cm³/mol. The lowest BCUT2D eigenvalue weighted by Gasteiger charge is -2.60. The average Bonchev–Trinajstić information content (AvgIpc) is 2.95. The first-order chi connectivity index (χ1) is 14.8. The van der Waals surface area contributed by atoms with Crippen molar-refractivity contribution in [3.63, 3.8) is 0 Å². The van der Waals surface area contributed by atoms with Gasteiger partial charge in [0.2, 0.25) is 17.6 Å². The molecular weight excluding hydrogens is 403 g/mol. The van der Waals surface area contributed by atoms with Gasteiger partial charge >= 0.3 is 0 Å². The number of halogens is 1. The van der Waals surface area contributed by atoms with E-state index in [0.29, 0.717) is 23.9 Å². The topological polar surface area (TPSA) is 78.9 Å². The third kappa shape index (κ3) is 3.57. The highest BCUT2D eigenvalue weighted by molar-refractivity contribution is 5.90. The molecule has 1 saturated carbocycles. The maximum atomic E-state index is 13.3. The van der Waals surface area contributed by atoms with Gasteiger partial charge in [-0.2, -0.15) is 4.39 Å². The number of hydrogen-bond donors (Lipinski definition) is 1. The molecule has 1 N–H and O–H groups in total. The quantitative estimate of drug-likeness (QED) is 0.566. The number of carbonyl (C=O) groups excluding carboxylic acids is 1. The van der Waals surface area contributed by atoms with E-state index in [9.17, 15) is 9.18 Å². The number of anilines is 1. The number of nitrogens with one attached hydrogen (secondary N) is 1. The molecule has 4 saturated heterocycles. The second-order valence-corrected chi connectivity index (χ2v) is 9.90. The van der Waals surface area contributed by atoms with Crippen molar-refractivity contribution in [3.05, 3.63) is 24.3 Å². The van der Waals surface area contributed by atoms with Crippen LogP contribution in [-0.2, 0) is 24.0 Å². The van der Waals surface area contributed by atoms with Gasteiger partial charge in [-0.05, 0) is 56.4 Å². The summed E-state index contributed by atoms with van der Waals surface area (Å²) in [6, 6.07) is 2.78. The van der Waals surface area contributed by atoms with E-state index in [0.717, 1.165) is 25.7 Å². The number of nitrogens with zero attached hydrogens (tertiary/aromatic N) is 1. The molecule has 8 atom stereocenters. The summed E-state index contributed by atoms with van der Waals surface area (Å²) in [5.74, 6) is -0.300. The molecule has 1 amide bonds. The molecular formula is C23H31FN2O5. The zero-order valence-electron chi connectivity index (χ0n) is 18.3. The zero-order chi connectivity index (χ0) is 21.8. The van der Waals surface area contributed by atoms with E-state index >= 15 is 0 Å². The Balaban J connectivity index is 1.31. The number of hydrogen-bond acceptors (Lipinski definition) is 6. The van der Waals surface area contributed by atoms with Crippen molar-refractivity contribution in [1.82, 2.24) is 4.98 Å². The lowest BCUT2D eigenvalue weighted by molar-refractivity contribution is -0.571.